The molecule has 0 bridgehead atoms. The highest BCUT2D eigenvalue weighted by molar-refractivity contribution is 5.82. The molecule has 0 aromatic heterocycles. The molecule has 508 valence electrons. The number of esters is 4. The van der Waals surface area contributed by atoms with Crippen molar-refractivity contribution in [3.8, 4) is 0 Å². The van der Waals surface area contributed by atoms with Crippen molar-refractivity contribution in [2.75, 3.05) is 22.9 Å². The van der Waals surface area contributed by atoms with Crippen molar-refractivity contribution in [1.82, 2.24) is 9.80 Å². The quantitative estimate of drug-likeness (QED) is 0.0567. The van der Waals surface area contributed by atoms with Gasteiger partial charge in [0.2, 0.25) is 0 Å². The van der Waals surface area contributed by atoms with Crippen molar-refractivity contribution in [2.45, 2.75) is 288 Å². The molecule has 20 heteroatoms. The van der Waals surface area contributed by atoms with Gasteiger partial charge in [-0.05, 0) is 188 Å². The number of hydrogen-bond acceptors (Lipinski definition) is 20. The number of rotatable bonds is 28. The Morgan fingerprint density at radius 2 is 0.678 bits per heavy atom. The van der Waals surface area contributed by atoms with Crippen LogP contribution in [0.2, 0.25) is 0 Å². The fraction of sp³-hybridized carbons (Fsp3) is 0.714. The Balaban J connectivity index is 0. The molecule has 0 amide bonds. The molecule has 2 aromatic carbocycles. The summed E-state index contributed by atoms with van der Waals surface area (Å²) in [4.78, 5) is 124. The number of unbranched alkanes of at least 4 members (excludes halogenated alkanes) is 2. The van der Waals surface area contributed by atoms with Gasteiger partial charge in [-0.2, -0.15) is 38.4 Å². The fourth-order valence-corrected chi connectivity index (χ4v) is 10.3. The summed E-state index contributed by atoms with van der Waals surface area (Å²) in [7, 11) is 0. The number of benzene rings is 2. The van der Waals surface area contributed by atoms with E-state index in [1.165, 1.54) is 37.7 Å². The van der Waals surface area contributed by atoms with E-state index < -0.39 is 0 Å². The van der Waals surface area contributed by atoms with Crippen LogP contribution in [0.5, 0.6) is 0 Å². The maximum atomic E-state index is 12.5. The molecule has 4 fully saturated rings. The molecule has 6 rings (SSSR count). The third-order valence-corrected chi connectivity index (χ3v) is 14.5. The molecule has 4 unspecified atom stereocenters. The van der Waals surface area contributed by atoms with Crippen LogP contribution < -0.4 is 9.80 Å². The van der Waals surface area contributed by atoms with Crippen molar-refractivity contribution < 1.29 is 76.5 Å². The minimum Gasteiger partial charge on any atom is -0.462 e. The fourth-order valence-electron chi connectivity index (χ4n) is 10.3. The summed E-state index contributed by atoms with van der Waals surface area (Å²) in [5.74, 6) is 0.784. The van der Waals surface area contributed by atoms with Crippen LogP contribution in [0.15, 0.2) is 54.6 Å². The number of hydrogen-bond donors (Lipinski definition) is 0. The van der Waals surface area contributed by atoms with Crippen LogP contribution >= 0.6 is 0 Å². The number of ether oxygens (including phenoxy) is 4. The third-order valence-electron chi connectivity index (χ3n) is 14.5. The van der Waals surface area contributed by atoms with Gasteiger partial charge in [-0.25, -0.2) is 9.59 Å². The molecule has 20 nitrogen and oxygen atoms in total. The Bertz CT molecular complexity index is 2350. The summed E-state index contributed by atoms with van der Waals surface area (Å²) >= 11 is 0. The van der Waals surface area contributed by atoms with Gasteiger partial charge in [-0.15, -0.1) is 0 Å². The Morgan fingerprint density at radius 1 is 0.400 bits per heavy atom. The minimum absolute atomic E-state index is 0.0128. The second-order valence-electron chi connectivity index (χ2n) is 25.5. The van der Waals surface area contributed by atoms with Crippen molar-refractivity contribution in [3.05, 3.63) is 60.2 Å². The van der Waals surface area contributed by atoms with Gasteiger partial charge >= 0.3 is 48.5 Å². The first-order chi connectivity index (χ1) is 42.5. The van der Waals surface area contributed by atoms with Gasteiger partial charge in [0.05, 0.1) is 24.4 Å². The minimum atomic E-state index is -0.206. The number of para-hydroxylation sites is 1. The SMILES string of the molecule is CC(C)OC(=O)C(C(C)C)N(C1CCC1)C1CC1.CC(C)OC(=O)C(C(C)C)N(c1ccccc1)C1CC1.CCCCN(CCCC)C(C(=O)OC(C)C)C(C)C.Cc1ccc(N(C2CC2)C(C(=O)OC(C)C)C(C)C)cc1.O=C=O.O=C=O.O=C=O.O=C=O. The Labute approximate surface area is 538 Å². The molecule has 0 N–H and O–H groups in total. The van der Waals surface area contributed by atoms with E-state index >= 15 is 0 Å². The Hall–Kier alpha value is -6.64. The van der Waals surface area contributed by atoms with Crippen LogP contribution in [0.4, 0.5) is 11.4 Å². The van der Waals surface area contributed by atoms with E-state index in [1.54, 1.807) is 0 Å². The largest absolute Gasteiger partial charge is 0.462 e. The molecule has 0 heterocycles. The zero-order valence-electron chi connectivity index (χ0n) is 57.9. The highest BCUT2D eigenvalue weighted by atomic mass is 16.6. The predicted molar refractivity (Wildman–Crippen MR) is 342 cm³/mol. The first-order valence-electron chi connectivity index (χ1n) is 32.5. The van der Waals surface area contributed by atoms with Crippen molar-refractivity contribution >= 4 is 59.9 Å². The summed E-state index contributed by atoms with van der Waals surface area (Å²) in [6.07, 6.45) is 16.4. The molecule has 4 saturated carbocycles. The Kier molecular flexibility index (Phi) is 45.7. The normalized spacial score (nSPS) is 15.0. The number of aryl methyl sites for hydroxylation is 1. The zero-order valence-corrected chi connectivity index (χ0v) is 57.9. The lowest BCUT2D eigenvalue weighted by molar-refractivity contribution is -0.193. The van der Waals surface area contributed by atoms with Gasteiger partial charge < -0.3 is 28.7 Å². The average molecular weight is 1270 g/mol. The summed E-state index contributed by atoms with van der Waals surface area (Å²) in [6.45, 7) is 40.6. The van der Waals surface area contributed by atoms with Crippen molar-refractivity contribution in [2.24, 2.45) is 23.7 Å². The second-order valence-corrected chi connectivity index (χ2v) is 25.5. The summed E-state index contributed by atoms with van der Waals surface area (Å²) < 4.78 is 21.9. The molecule has 0 spiro atoms. The topological polar surface area (TPSA) is 255 Å². The highest BCUT2D eigenvalue weighted by Crippen LogP contribution is 2.40. The van der Waals surface area contributed by atoms with Crippen molar-refractivity contribution in [3.63, 3.8) is 0 Å². The molecule has 4 atom stereocenters. The number of carbonyl (C=O) groups excluding carboxylic acids is 12. The molecule has 2 aromatic rings. The first kappa shape index (κ1) is 85.4. The van der Waals surface area contributed by atoms with E-state index in [0.717, 1.165) is 75.8 Å². The molecular formula is C70H112N4O16. The molecular weight excluding hydrogens is 1150 g/mol. The standard InChI is InChI=1S/C18H27NO2.C17H25NO2.C16H33NO2.C15H27NO2.4CO2/c1-12(2)17(18(20)21-13(3)4)19(16-10-11-16)15-8-6-14(5)7-9-15;1-12(2)16(17(19)20-13(3)4)18(15-10-11-15)14-8-6-5-7-9-14;1-7-9-11-17(12-10-8-2)15(13(3)4)16(18)19-14(5)6;1-10(2)14(15(17)18-11(3)4)16(13-8-9-13)12-6-5-7-12;4*2-1-3/h6-9,12-13,16-17H,10-11H2,1-5H3;5-9,12-13,15-16H,10-11H2,1-4H3;13-15H,7-12H2,1-6H3;10-14H,5-9H2,1-4H3;;;;. The van der Waals surface area contributed by atoms with Gasteiger partial charge in [-0.1, -0.05) is 124 Å². The van der Waals surface area contributed by atoms with Gasteiger partial charge in [0, 0.05) is 35.5 Å². The lowest BCUT2D eigenvalue weighted by atomic mass is 9.88. The molecule has 4 aliphatic rings. The average Bonchev–Trinajstić information content (AvgIpc) is 1.66. The van der Waals surface area contributed by atoms with Gasteiger partial charge in [0.15, 0.2) is 0 Å². The van der Waals surface area contributed by atoms with E-state index in [-0.39, 0.29) is 109 Å². The van der Waals surface area contributed by atoms with E-state index in [1.807, 2.05) is 73.6 Å². The van der Waals surface area contributed by atoms with Crippen LogP contribution in [0.25, 0.3) is 0 Å². The van der Waals surface area contributed by atoms with E-state index in [0.29, 0.717) is 36.0 Å². The third kappa shape index (κ3) is 35.1. The van der Waals surface area contributed by atoms with Crippen LogP contribution in [0.1, 0.15) is 214 Å². The number of carbonyl (C=O) groups is 4. The van der Waals surface area contributed by atoms with Crippen LogP contribution in [0.3, 0.4) is 0 Å². The predicted octanol–water partition coefficient (Wildman–Crippen LogP) is 12.1. The summed E-state index contributed by atoms with van der Waals surface area (Å²) in [5.41, 5.74) is 3.48. The lowest BCUT2D eigenvalue weighted by Crippen LogP contribution is -2.54. The molecule has 4 aliphatic carbocycles. The molecule has 0 saturated heterocycles. The van der Waals surface area contributed by atoms with Gasteiger partial charge in [0.1, 0.15) is 24.2 Å². The van der Waals surface area contributed by atoms with Gasteiger partial charge in [-0.3, -0.25) is 19.4 Å². The molecule has 0 aliphatic heterocycles. The van der Waals surface area contributed by atoms with Crippen LogP contribution in [-0.2, 0) is 76.5 Å². The second kappa shape index (κ2) is 48.2. The molecule has 90 heavy (non-hydrogen) atoms. The summed E-state index contributed by atoms with van der Waals surface area (Å²) in [6, 6.07) is 20.3. The highest BCUT2D eigenvalue weighted by Gasteiger charge is 2.46. The van der Waals surface area contributed by atoms with Crippen molar-refractivity contribution in [1.29, 1.82) is 0 Å². The maximum Gasteiger partial charge on any atom is 0.373 e. The van der Waals surface area contributed by atoms with E-state index in [4.69, 9.17) is 57.3 Å². The maximum absolute atomic E-state index is 12.5. The Morgan fingerprint density at radius 3 is 0.933 bits per heavy atom. The number of anilines is 2. The smallest absolute Gasteiger partial charge is 0.373 e. The van der Waals surface area contributed by atoms with E-state index in [9.17, 15) is 19.2 Å². The first-order valence-corrected chi connectivity index (χ1v) is 32.5. The molecule has 0 radical (unpaired) electrons. The van der Waals surface area contributed by atoms with Crippen LogP contribution in [0, 0.1) is 30.6 Å². The number of nitrogens with zero attached hydrogens (tertiary/aromatic N) is 4. The lowest BCUT2D eigenvalue weighted by Gasteiger charge is -2.43. The monoisotopic (exact) mass is 1260 g/mol. The van der Waals surface area contributed by atoms with Gasteiger partial charge in [0.25, 0.3) is 0 Å². The zero-order chi connectivity index (χ0) is 69.2. The van der Waals surface area contributed by atoms with Crippen LogP contribution in [-0.4, -0.2) is 144 Å². The summed E-state index contributed by atoms with van der Waals surface area (Å²) in [5, 5.41) is 0. The van der Waals surface area contributed by atoms with E-state index in [2.05, 4.69) is 132 Å².